The summed E-state index contributed by atoms with van der Waals surface area (Å²) in [7, 11) is -2.52. The summed E-state index contributed by atoms with van der Waals surface area (Å²) in [4.78, 5) is 17.5. The molecule has 0 unspecified atom stereocenters. The SMILES string of the molecule is COc1cccc(NC(=O)[C@H](Cc2ccccc2)NS(=O)(=O)c2cccc3cccnc23)c1. The van der Waals surface area contributed by atoms with Gasteiger partial charge >= 0.3 is 0 Å². The minimum Gasteiger partial charge on any atom is -0.497 e. The monoisotopic (exact) mass is 461 g/mol. The number of fused-ring (bicyclic) bond motifs is 1. The van der Waals surface area contributed by atoms with Crippen LogP contribution in [0.15, 0.2) is 96.0 Å². The lowest BCUT2D eigenvalue weighted by Crippen LogP contribution is -2.45. The molecule has 0 radical (unpaired) electrons. The standard InChI is InChI=1S/C25H23N3O4S/c1-32-21-13-6-12-20(17-21)27-25(29)22(16-18-8-3-2-4-9-18)28-33(30,31)23-14-5-10-19-11-7-15-26-24(19)23/h2-15,17,22,28H,16H2,1H3,(H,27,29)/t22-/m0/s1. The van der Waals surface area contributed by atoms with Gasteiger partial charge in [0.15, 0.2) is 0 Å². The zero-order valence-electron chi connectivity index (χ0n) is 17.9. The maximum atomic E-state index is 13.4. The largest absolute Gasteiger partial charge is 0.497 e. The van der Waals surface area contributed by atoms with E-state index in [4.69, 9.17) is 4.74 Å². The molecule has 1 aromatic heterocycles. The molecule has 8 heteroatoms. The van der Waals surface area contributed by atoms with Crippen LogP contribution < -0.4 is 14.8 Å². The first-order valence-electron chi connectivity index (χ1n) is 10.3. The van der Waals surface area contributed by atoms with E-state index in [0.717, 1.165) is 5.56 Å². The molecule has 2 N–H and O–H groups in total. The third-order valence-electron chi connectivity index (χ3n) is 5.12. The zero-order chi connectivity index (χ0) is 23.3. The van der Waals surface area contributed by atoms with E-state index in [2.05, 4.69) is 15.0 Å². The van der Waals surface area contributed by atoms with Crippen molar-refractivity contribution in [2.75, 3.05) is 12.4 Å². The van der Waals surface area contributed by atoms with Gasteiger partial charge in [-0.15, -0.1) is 0 Å². The average molecular weight is 462 g/mol. The average Bonchev–Trinajstić information content (AvgIpc) is 2.84. The highest BCUT2D eigenvalue weighted by atomic mass is 32.2. The number of pyridine rings is 1. The predicted molar refractivity (Wildman–Crippen MR) is 128 cm³/mol. The van der Waals surface area contributed by atoms with E-state index in [1.54, 1.807) is 48.5 Å². The van der Waals surface area contributed by atoms with Gasteiger partial charge in [0.1, 0.15) is 16.7 Å². The third-order valence-corrected chi connectivity index (χ3v) is 6.62. The minimum atomic E-state index is -4.05. The predicted octanol–water partition coefficient (Wildman–Crippen LogP) is 3.77. The Balaban J connectivity index is 1.66. The van der Waals surface area contributed by atoms with Crippen molar-refractivity contribution in [3.8, 4) is 5.75 Å². The van der Waals surface area contributed by atoms with E-state index in [-0.39, 0.29) is 11.3 Å². The van der Waals surface area contributed by atoms with Crippen LogP contribution in [0.4, 0.5) is 5.69 Å². The second-order valence-corrected chi connectivity index (χ2v) is 9.10. The van der Waals surface area contributed by atoms with Gasteiger partial charge in [0.2, 0.25) is 15.9 Å². The van der Waals surface area contributed by atoms with E-state index in [1.165, 1.54) is 19.4 Å². The van der Waals surface area contributed by atoms with Gasteiger partial charge in [0.25, 0.3) is 0 Å². The highest BCUT2D eigenvalue weighted by Gasteiger charge is 2.28. The lowest BCUT2D eigenvalue weighted by Gasteiger charge is -2.19. The summed E-state index contributed by atoms with van der Waals surface area (Å²) in [5, 5.41) is 3.48. The van der Waals surface area contributed by atoms with Crippen molar-refractivity contribution in [1.82, 2.24) is 9.71 Å². The Bertz CT molecular complexity index is 1370. The number of para-hydroxylation sites is 1. The summed E-state index contributed by atoms with van der Waals surface area (Å²) in [6.45, 7) is 0. The molecule has 0 spiro atoms. The highest BCUT2D eigenvalue weighted by molar-refractivity contribution is 7.89. The topological polar surface area (TPSA) is 97.4 Å². The van der Waals surface area contributed by atoms with Crippen molar-refractivity contribution in [2.24, 2.45) is 0 Å². The molecular weight excluding hydrogens is 438 g/mol. The molecule has 0 aliphatic carbocycles. The number of hydrogen-bond acceptors (Lipinski definition) is 5. The van der Waals surface area contributed by atoms with Gasteiger partial charge in [-0.3, -0.25) is 9.78 Å². The van der Waals surface area contributed by atoms with Crippen LogP contribution in [-0.2, 0) is 21.2 Å². The number of methoxy groups -OCH3 is 1. The van der Waals surface area contributed by atoms with Crippen molar-refractivity contribution < 1.29 is 17.9 Å². The molecule has 7 nitrogen and oxygen atoms in total. The quantitative estimate of drug-likeness (QED) is 0.416. The van der Waals surface area contributed by atoms with Crippen molar-refractivity contribution in [3.63, 3.8) is 0 Å². The van der Waals surface area contributed by atoms with Crippen molar-refractivity contribution in [2.45, 2.75) is 17.4 Å². The number of nitrogens with zero attached hydrogens (tertiary/aromatic N) is 1. The zero-order valence-corrected chi connectivity index (χ0v) is 18.7. The Morgan fingerprint density at radius 3 is 2.52 bits per heavy atom. The van der Waals surface area contributed by atoms with Crippen LogP contribution in [0.25, 0.3) is 10.9 Å². The number of benzene rings is 3. The fourth-order valence-corrected chi connectivity index (χ4v) is 4.89. The number of anilines is 1. The second kappa shape index (κ2) is 9.81. The summed E-state index contributed by atoms with van der Waals surface area (Å²) in [6, 6.07) is 23.5. The first kappa shape index (κ1) is 22.4. The van der Waals surface area contributed by atoms with Crippen LogP contribution in [0.1, 0.15) is 5.56 Å². The molecule has 0 aliphatic heterocycles. The van der Waals surface area contributed by atoms with Crippen molar-refractivity contribution in [3.05, 3.63) is 96.7 Å². The Morgan fingerprint density at radius 1 is 0.970 bits per heavy atom. The molecule has 4 aromatic rings. The summed E-state index contributed by atoms with van der Waals surface area (Å²) in [5.74, 6) is 0.0960. The number of amides is 1. The van der Waals surface area contributed by atoms with E-state index in [0.29, 0.717) is 22.3 Å². The first-order valence-corrected chi connectivity index (χ1v) is 11.8. The van der Waals surface area contributed by atoms with Crippen molar-refractivity contribution in [1.29, 1.82) is 0 Å². The van der Waals surface area contributed by atoms with E-state index in [1.807, 2.05) is 30.3 Å². The van der Waals surface area contributed by atoms with Gasteiger partial charge in [0, 0.05) is 23.3 Å². The van der Waals surface area contributed by atoms with Gasteiger partial charge in [-0.2, -0.15) is 4.72 Å². The van der Waals surface area contributed by atoms with Gasteiger partial charge in [-0.1, -0.05) is 54.6 Å². The summed E-state index contributed by atoms with van der Waals surface area (Å²) in [5.41, 5.74) is 1.67. The van der Waals surface area contributed by atoms with Crippen LogP contribution in [0, 0.1) is 0 Å². The molecule has 0 bridgehead atoms. The molecule has 3 aromatic carbocycles. The number of ether oxygens (including phenoxy) is 1. The van der Waals surface area contributed by atoms with Crippen molar-refractivity contribution >= 4 is 32.5 Å². The maximum absolute atomic E-state index is 13.4. The van der Waals surface area contributed by atoms with Gasteiger partial charge in [-0.05, 0) is 36.2 Å². The Hall–Kier alpha value is -3.75. The summed E-state index contributed by atoms with van der Waals surface area (Å²) in [6.07, 6.45) is 1.71. The third kappa shape index (κ3) is 5.36. The number of nitrogens with one attached hydrogen (secondary N) is 2. The Kier molecular flexibility index (Phi) is 6.67. The molecule has 0 saturated heterocycles. The van der Waals surface area contributed by atoms with Gasteiger partial charge in [-0.25, -0.2) is 8.42 Å². The lowest BCUT2D eigenvalue weighted by atomic mass is 10.1. The molecule has 0 saturated carbocycles. The van der Waals surface area contributed by atoms with E-state index < -0.39 is 22.0 Å². The van der Waals surface area contributed by atoms with Crippen LogP contribution in [0.2, 0.25) is 0 Å². The minimum absolute atomic E-state index is 0.0212. The van der Waals surface area contributed by atoms with Gasteiger partial charge in [0.05, 0.1) is 12.6 Å². The number of aromatic nitrogens is 1. The number of sulfonamides is 1. The number of carbonyl (C=O) groups excluding carboxylic acids is 1. The number of carbonyl (C=O) groups is 1. The van der Waals surface area contributed by atoms with Crippen LogP contribution in [0.3, 0.4) is 0 Å². The smallest absolute Gasteiger partial charge is 0.243 e. The second-order valence-electron chi connectivity index (χ2n) is 7.42. The molecule has 1 heterocycles. The Labute approximate surface area is 192 Å². The fraction of sp³-hybridized carbons (Fsp3) is 0.120. The van der Waals surface area contributed by atoms with Gasteiger partial charge < -0.3 is 10.1 Å². The number of hydrogen-bond donors (Lipinski definition) is 2. The molecule has 4 rings (SSSR count). The Morgan fingerprint density at radius 2 is 1.73 bits per heavy atom. The van der Waals surface area contributed by atoms with E-state index in [9.17, 15) is 13.2 Å². The molecule has 0 fully saturated rings. The molecule has 1 amide bonds. The number of rotatable bonds is 8. The molecular formula is C25H23N3O4S. The van der Waals surface area contributed by atoms with E-state index >= 15 is 0 Å². The summed E-state index contributed by atoms with van der Waals surface area (Å²) < 4.78 is 34.5. The molecule has 33 heavy (non-hydrogen) atoms. The molecule has 0 aliphatic rings. The lowest BCUT2D eigenvalue weighted by molar-refractivity contribution is -0.117. The molecule has 1 atom stereocenters. The normalized spacial score (nSPS) is 12.3. The highest BCUT2D eigenvalue weighted by Crippen LogP contribution is 2.22. The van der Waals surface area contributed by atoms with Crippen LogP contribution >= 0.6 is 0 Å². The fourth-order valence-electron chi connectivity index (χ4n) is 3.51. The maximum Gasteiger partial charge on any atom is 0.243 e. The summed E-state index contributed by atoms with van der Waals surface area (Å²) >= 11 is 0. The molecule has 168 valence electrons. The van der Waals surface area contributed by atoms with Crippen LogP contribution in [0.5, 0.6) is 5.75 Å². The first-order chi connectivity index (χ1) is 16.0. The van der Waals surface area contributed by atoms with Crippen LogP contribution in [-0.4, -0.2) is 32.5 Å².